The first-order valence-corrected chi connectivity index (χ1v) is 14.0. The van der Waals surface area contributed by atoms with Crippen molar-refractivity contribution in [1.82, 2.24) is 10.2 Å². The molecular formula is C29H37N3O5. The average Bonchev–Trinajstić information content (AvgIpc) is 3.57. The molecule has 1 aromatic carbocycles. The van der Waals surface area contributed by atoms with Crippen molar-refractivity contribution < 1.29 is 23.9 Å². The largest absolute Gasteiger partial charge is 0.497 e. The van der Waals surface area contributed by atoms with Crippen molar-refractivity contribution in [1.29, 1.82) is 0 Å². The first-order chi connectivity index (χ1) is 18.0. The van der Waals surface area contributed by atoms with Crippen molar-refractivity contribution in [2.45, 2.75) is 94.0 Å². The third-order valence-electron chi connectivity index (χ3n) is 9.14. The van der Waals surface area contributed by atoms with E-state index >= 15 is 0 Å². The van der Waals surface area contributed by atoms with Gasteiger partial charge in [-0.25, -0.2) is 0 Å². The molecule has 2 bridgehead atoms. The molecule has 0 aromatic heterocycles. The van der Waals surface area contributed by atoms with Crippen molar-refractivity contribution in [3.8, 4) is 5.75 Å². The Morgan fingerprint density at radius 2 is 1.65 bits per heavy atom. The van der Waals surface area contributed by atoms with Crippen LogP contribution in [0.15, 0.2) is 36.4 Å². The van der Waals surface area contributed by atoms with Gasteiger partial charge in [0.1, 0.15) is 17.4 Å². The van der Waals surface area contributed by atoms with E-state index in [0.29, 0.717) is 11.4 Å². The van der Waals surface area contributed by atoms with Crippen LogP contribution in [0.2, 0.25) is 0 Å². The lowest BCUT2D eigenvalue weighted by atomic mass is 9.74. The van der Waals surface area contributed by atoms with E-state index in [1.165, 1.54) is 6.42 Å². The van der Waals surface area contributed by atoms with Gasteiger partial charge in [-0.05, 0) is 49.9 Å². The lowest BCUT2D eigenvalue weighted by molar-refractivity contribution is -0.144. The smallest absolute Gasteiger partial charge is 0.246 e. The topological polar surface area (TPSA) is 97.0 Å². The van der Waals surface area contributed by atoms with Crippen LogP contribution in [0, 0.1) is 11.8 Å². The van der Waals surface area contributed by atoms with Crippen molar-refractivity contribution in [3.05, 3.63) is 36.4 Å². The first-order valence-electron chi connectivity index (χ1n) is 14.0. The van der Waals surface area contributed by atoms with Gasteiger partial charge in [0, 0.05) is 17.8 Å². The standard InChI is InChI=1S/C29H37N3O5/c1-36-21-14-12-19(13-15-21)30-26(33)23-22-16-17-29(37-22)24(23)28(35)32(20-10-6-3-7-11-20)25(29)27(34)31-18-8-4-2-5-9-18/h12-18,20,22-25H,2-11H2,1H3,(H,30,33)(H,31,34)/t22-,23+,24-,25+,29-/m1/s1. The monoisotopic (exact) mass is 507 g/mol. The van der Waals surface area contributed by atoms with E-state index < -0.39 is 29.6 Å². The summed E-state index contributed by atoms with van der Waals surface area (Å²) in [4.78, 5) is 43.5. The zero-order valence-electron chi connectivity index (χ0n) is 21.5. The van der Waals surface area contributed by atoms with Gasteiger partial charge in [0.05, 0.1) is 25.0 Å². The lowest BCUT2D eigenvalue weighted by Crippen LogP contribution is -2.58. The highest BCUT2D eigenvalue weighted by Gasteiger charge is 2.73. The van der Waals surface area contributed by atoms with Crippen LogP contribution in [0.4, 0.5) is 5.69 Å². The van der Waals surface area contributed by atoms with Crippen LogP contribution < -0.4 is 15.4 Å². The van der Waals surface area contributed by atoms with Gasteiger partial charge >= 0.3 is 0 Å². The van der Waals surface area contributed by atoms with Crippen LogP contribution in [-0.2, 0) is 19.1 Å². The van der Waals surface area contributed by atoms with Gasteiger partial charge in [-0.1, -0.05) is 50.7 Å². The van der Waals surface area contributed by atoms with Crippen molar-refractivity contribution in [3.63, 3.8) is 0 Å². The lowest BCUT2D eigenvalue weighted by Gasteiger charge is -2.39. The summed E-state index contributed by atoms with van der Waals surface area (Å²) < 4.78 is 11.7. The molecule has 8 heteroatoms. The number of fused-ring (bicyclic) bond motifs is 1. The van der Waals surface area contributed by atoms with E-state index in [1.807, 2.05) is 17.1 Å². The number of nitrogens with zero attached hydrogens (tertiary/aromatic N) is 1. The molecule has 2 N–H and O–H groups in total. The number of anilines is 1. The van der Waals surface area contributed by atoms with Crippen LogP contribution in [0.3, 0.4) is 0 Å². The summed E-state index contributed by atoms with van der Waals surface area (Å²) in [5, 5.41) is 6.25. The van der Waals surface area contributed by atoms with E-state index in [1.54, 1.807) is 31.4 Å². The molecule has 3 heterocycles. The van der Waals surface area contributed by atoms with Crippen LogP contribution in [-0.4, -0.2) is 59.6 Å². The van der Waals surface area contributed by atoms with Gasteiger partial charge in [-0.3, -0.25) is 14.4 Å². The minimum atomic E-state index is -1.10. The maximum absolute atomic E-state index is 14.2. The molecule has 0 radical (unpaired) electrons. The van der Waals surface area contributed by atoms with Crippen molar-refractivity contribution in [2.24, 2.45) is 11.8 Å². The summed E-state index contributed by atoms with van der Waals surface area (Å²) >= 11 is 0. The molecule has 198 valence electrons. The van der Waals surface area contributed by atoms with Crippen molar-refractivity contribution >= 4 is 23.4 Å². The zero-order valence-corrected chi connectivity index (χ0v) is 21.5. The number of hydrogen-bond acceptors (Lipinski definition) is 5. The van der Waals surface area contributed by atoms with Crippen LogP contribution in [0.25, 0.3) is 0 Å². The Bertz CT molecular complexity index is 1080. The molecule has 3 amide bonds. The quantitative estimate of drug-likeness (QED) is 0.574. The van der Waals surface area contributed by atoms with E-state index in [9.17, 15) is 14.4 Å². The normalized spacial score (nSPS) is 33.4. The van der Waals surface area contributed by atoms with Gasteiger partial charge < -0.3 is 25.0 Å². The van der Waals surface area contributed by atoms with E-state index in [2.05, 4.69) is 10.6 Å². The number of methoxy groups -OCH3 is 1. The van der Waals surface area contributed by atoms with Crippen LogP contribution in [0.5, 0.6) is 5.75 Å². The molecule has 4 fully saturated rings. The third kappa shape index (κ3) is 4.13. The Labute approximate surface area is 218 Å². The molecule has 5 aliphatic rings. The first kappa shape index (κ1) is 24.5. The Balaban J connectivity index is 1.30. The number of rotatable bonds is 6. The number of carbonyl (C=O) groups excluding carboxylic acids is 3. The van der Waals surface area contributed by atoms with Gasteiger partial charge in [0.25, 0.3) is 0 Å². The molecule has 2 saturated heterocycles. The van der Waals surface area contributed by atoms with Gasteiger partial charge in [0.2, 0.25) is 17.7 Å². The Morgan fingerprint density at radius 3 is 2.32 bits per heavy atom. The minimum absolute atomic E-state index is 0.00433. The predicted octanol–water partition coefficient (Wildman–Crippen LogP) is 3.57. The third-order valence-corrected chi connectivity index (χ3v) is 9.14. The summed E-state index contributed by atoms with van der Waals surface area (Å²) in [7, 11) is 1.59. The number of ether oxygens (including phenoxy) is 2. The number of hydrogen-bond donors (Lipinski definition) is 2. The molecule has 3 aliphatic heterocycles. The van der Waals surface area contributed by atoms with E-state index in [-0.39, 0.29) is 29.8 Å². The fraction of sp³-hybridized carbons (Fsp3) is 0.621. The molecule has 1 spiro atoms. The molecule has 2 aliphatic carbocycles. The van der Waals surface area contributed by atoms with Crippen LogP contribution >= 0.6 is 0 Å². The number of likely N-dealkylation sites (tertiary alicyclic amines) is 1. The summed E-state index contributed by atoms with van der Waals surface area (Å²) in [5.74, 6) is -1.18. The van der Waals surface area contributed by atoms with Gasteiger partial charge in [-0.15, -0.1) is 0 Å². The molecule has 6 rings (SSSR count). The second-order valence-electron chi connectivity index (χ2n) is 11.3. The maximum Gasteiger partial charge on any atom is 0.246 e. The Hall–Kier alpha value is -2.87. The van der Waals surface area contributed by atoms with Gasteiger partial charge in [-0.2, -0.15) is 0 Å². The highest BCUT2D eigenvalue weighted by atomic mass is 16.5. The highest BCUT2D eigenvalue weighted by Crippen LogP contribution is 2.56. The number of benzene rings is 1. The molecular weight excluding hydrogens is 470 g/mol. The minimum Gasteiger partial charge on any atom is -0.497 e. The molecule has 8 nitrogen and oxygen atoms in total. The van der Waals surface area contributed by atoms with Crippen LogP contribution in [0.1, 0.15) is 64.2 Å². The highest BCUT2D eigenvalue weighted by molar-refractivity contribution is 6.03. The fourth-order valence-electron chi connectivity index (χ4n) is 7.39. The Kier molecular flexibility index (Phi) is 6.47. The van der Waals surface area contributed by atoms with Gasteiger partial charge in [0.15, 0.2) is 0 Å². The summed E-state index contributed by atoms with van der Waals surface area (Å²) in [6, 6.07) is 6.52. The SMILES string of the molecule is COc1ccc(NC(=O)[C@H]2[C@H]3C=C[C@]4(O3)[C@H](C(=O)NC3CCCCC3)N(C3CCCCC3)C(=O)[C@@H]24)cc1. The number of amides is 3. The maximum atomic E-state index is 14.2. The predicted molar refractivity (Wildman–Crippen MR) is 138 cm³/mol. The molecule has 5 atom stereocenters. The number of nitrogens with one attached hydrogen (secondary N) is 2. The fourth-order valence-corrected chi connectivity index (χ4v) is 7.39. The molecule has 0 unspecified atom stereocenters. The summed E-state index contributed by atoms with van der Waals surface area (Å²) in [6.07, 6.45) is 13.6. The second-order valence-corrected chi connectivity index (χ2v) is 11.3. The molecule has 1 aromatic rings. The molecule has 2 saturated carbocycles. The number of carbonyl (C=O) groups is 3. The summed E-state index contributed by atoms with van der Waals surface area (Å²) in [5.41, 5.74) is -0.465. The van der Waals surface area contributed by atoms with E-state index in [0.717, 1.165) is 57.8 Å². The molecule has 37 heavy (non-hydrogen) atoms. The van der Waals surface area contributed by atoms with E-state index in [4.69, 9.17) is 9.47 Å². The zero-order chi connectivity index (χ0) is 25.6. The Morgan fingerprint density at radius 1 is 0.973 bits per heavy atom. The second kappa shape index (κ2) is 9.78. The van der Waals surface area contributed by atoms with Crippen molar-refractivity contribution in [2.75, 3.05) is 12.4 Å². The average molecular weight is 508 g/mol. The summed E-state index contributed by atoms with van der Waals surface area (Å²) in [6.45, 7) is 0.